The van der Waals surface area contributed by atoms with Gasteiger partial charge in [-0.15, -0.1) is 0 Å². The Kier molecular flexibility index (Phi) is 6.83. The third-order valence-electron chi connectivity index (χ3n) is 6.50. The van der Waals surface area contributed by atoms with Gasteiger partial charge in [0.25, 0.3) is 0 Å². The maximum Gasteiger partial charge on any atom is 0.0102 e. The maximum atomic E-state index is 2.45. The van der Waals surface area contributed by atoms with Crippen molar-refractivity contribution < 1.29 is 0 Å². The molecular weight excluding hydrogens is 348 g/mol. The predicted molar refractivity (Wildman–Crippen MR) is 128 cm³/mol. The number of benzene rings is 3. The number of fused-ring (bicyclic) bond motifs is 2. The average Bonchev–Trinajstić information content (AvgIpc) is 3.13. The summed E-state index contributed by atoms with van der Waals surface area (Å²) >= 11 is 0. The van der Waals surface area contributed by atoms with Crippen LogP contribution in [-0.2, 0) is 0 Å². The molecule has 0 heterocycles. The number of allylic oxidation sites excluding steroid dienone is 1. The zero-order chi connectivity index (χ0) is 19.9. The fourth-order valence-electron chi connectivity index (χ4n) is 4.93. The Bertz CT molecular complexity index is 957. The summed E-state index contributed by atoms with van der Waals surface area (Å²) in [6, 6.07) is 24.6. The molecule has 0 saturated carbocycles. The second kappa shape index (κ2) is 9.92. The SMILES string of the molecule is CCCCCCCCCCC1C(c2cccc3ccccc23)=Cc2ccccc21. The average molecular weight is 383 g/mol. The van der Waals surface area contributed by atoms with Crippen molar-refractivity contribution in [1.82, 2.24) is 0 Å². The molecule has 0 fully saturated rings. The van der Waals surface area contributed by atoms with E-state index in [1.807, 2.05) is 0 Å². The van der Waals surface area contributed by atoms with E-state index in [1.54, 1.807) is 0 Å². The number of hydrogen-bond acceptors (Lipinski definition) is 0. The first kappa shape index (κ1) is 20.0. The fourth-order valence-corrected chi connectivity index (χ4v) is 4.93. The Morgan fingerprint density at radius 2 is 1.34 bits per heavy atom. The normalized spacial score (nSPS) is 15.5. The van der Waals surface area contributed by atoms with Crippen molar-refractivity contribution >= 4 is 22.4 Å². The van der Waals surface area contributed by atoms with E-state index in [0.29, 0.717) is 5.92 Å². The van der Waals surface area contributed by atoms with Crippen molar-refractivity contribution in [2.24, 2.45) is 0 Å². The monoisotopic (exact) mass is 382 g/mol. The summed E-state index contributed by atoms with van der Waals surface area (Å²) in [5.41, 5.74) is 5.88. The van der Waals surface area contributed by atoms with Crippen LogP contribution in [0.4, 0.5) is 0 Å². The molecule has 0 heteroatoms. The third kappa shape index (κ3) is 4.64. The molecule has 0 aliphatic heterocycles. The standard InChI is InChI=1S/C29H34/c1-2-3-4-5-6-7-8-9-20-27-26-19-13-11-16-24(26)22-29(27)28-21-14-17-23-15-10-12-18-25(23)28/h10-19,21-22,27H,2-9,20H2,1H3. The lowest BCUT2D eigenvalue weighted by molar-refractivity contribution is 0.557. The van der Waals surface area contributed by atoms with E-state index >= 15 is 0 Å². The van der Waals surface area contributed by atoms with E-state index in [9.17, 15) is 0 Å². The van der Waals surface area contributed by atoms with E-state index in [1.165, 1.54) is 90.8 Å². The van der Waals surface area contributed by atoms with Crippen LogP contribution in [-0.4, -0.2) is 0 Å². The summed E-state index contributed by atoms with van der Waals surface area (Å²) in [5, 5.41) is 2.72. The van der Waals surface area contributed by atoms with E-state index in [4.69, 9.17) is 0 Å². The Balaban J connectivity index is 1.48. The molecule has 150 valence electrons. The van der Waals surface area contributed by atoms with Crippen LogP contribution in [0.3, 0.4) is 0 Å². The molecule has 1 aliphatic rings. The van der Waals surface area contributed by atoms with E-state index < -0.39 is 0 Å². The predicted octanol–water partition coefficient (Wildman–Crippen LogP) is 9.01. The number of hydrogen-bond donors (Lipinski definition) is 0. The highest BCUT2D eigenvalue weighted by molar-refractivity contribution is 6.01. The van der Waals surface area contributed by atoms with Crippen LogP contribution in [0.2, 0.25) is 0 Å². The van der Waals surface area contributed by atoms with Crippen LogP contribution in [0.15, 0.2) is 66.7 Å². The van der Waals surface area contributed by atoms with Crippen LogP contribution in [0.1, 0.15) is 87.3 Å². The maximum absolute atomic E-state index is 2.45. The van der Waals surface area contributed by atoms with Gasteiger partial charge in [0.05, 0.1) is 0 Å². The molecule has 1 unspecified atom stereocenters. The number of unbranched alkanes of at least 4 members (excludes halogenated alkanes) is 7. The fraction of sp³-hybridized carbons (Fsp3) is 0.379. The lowest BCUT2D eigenvalue weighted by Crippen LogP contribution is -2.00. The van der Waals surface area contributed by atoms with Gasteiger partial charge in [0.1, 0.15) is 0 Å². The van der Waals surface area contributed by atoms with Crippen LogP contribution in [0, 0.1) is 0 Å². The van der Waals surface area contributed by atoms with Crippen molar-refractivity contribution in [2.45, 2.75) is 70.6 Å². The quantitative estimate of drug-likeness (QED) is 0.307. The van der Waals surface area contributed by atoms with Crippen molar-refractivity contribution in [2.75, 3.05) is 0 Å². The lowest BCUT2D eigenvalue weighted by atomic mass is 9.85. The van der Waals surface area contributed by atoms with E-state index in [-0.39, 0.29) is 0 Å². The minimum absolute atomic E-state index is 0.539. The van der Waals surface area contributed by atoms with E-state index in [0.717, 1.165) is 0 Å². The highest BCUT2D eigenvalue weighted by atomic mass is 14.3. The van der Waals surface area contributed by atoms with Gasteiger partial charge in [0, 0.05) is 5.92 Å². The summed E-state index contributed by atoms with van der Waals surface area (Å²) in [4.78, 5) is 0. The minimum atomic E-state index is 0.539. The number of rotatable bonds is 10. The smallest absolute Gasteiger partial charge is 0.0102 e. The Labute approximate surface area is 176 Å². The molecule has 0 aromatic heterocycles. The van der Waals surface area contributed by atoms with Gasteiger partial charge in [-0.05, 0) is 39.5 Å². The van der Waals surface area contributed by atoms with Gasteiger partial charge in [-0.1, -0.05) is 131 Å². The lowest BCUT2D eigenvalue weighted by Gasteiger charge is -2.19. The highest BCUT2D eigenvalue weighted by Gasteiger charge is 2.26. The van der Waals surface area contributed by atoms with Gasteiger partial charge in [-0.25, -0.2) is 0 Å². The summed E-state index contributed by atoms with van der Waals surface area (Å²) in [6.45, 7) is 2.29. The Hall–Kier alpha value is -2.34. The first-order valence-electron chi connectivity index (χ1n) is 11.7. The Morgan fingerprint density at radius 3 is 2.21 bits per heavy atom. The zero-order valence-corrected chi connectivity index (χ0v) is 17.9. The molecule has 29 heavy (non-hydrogen) atoms. The van der Waals surface area contributed by atoms with Gasteiger partial charge in [-0.2, -0.15) is 0 Å². The van der Waals surface area contributed by atoms with Gasteiger partial charge >= 0.3 is 0 Å². The van der Waals surface area contributed by atoms with E-state index in [2.05, 4.69) is 79.7 Å². The van der Waals surface area contributed by atoms with Crippen LogP contribution >= 0.6 is 0 Å². The molecule has 4 rings (SSSR count). The molecule has 3 aromatic carbocycles. The van der Waals surface area contributed by atoms with Crippen LogP contribution < -0.4 is 0 Å². The van der Waals surface area contributed by atoms with Gasteiger partial charge < -0.3 is 0 Å². The molecule has 0 N–H and O–H groups in total. The molecule has 1 atom stereocenters. The van der Waals surface area contributed by atoms with Gasteiger partial charge in [0.2, 0.25) is 0 Å². The van der Waals surface area contributed by atoms with Crippen LogP contribution in [0.25, 0.3) is 22.4 Å². The summed E-state index contributed by atoms with van der Waals surface area (Å²) in [7, 11) is 0. The summed E-state index contributed by atoms with van der Waals surface area (Å²) < 4.78 is 0. The molecule has 1 aliphatic carbocycles. The van der Waals surface area contributed by atoms with Crippen molar-refractivity contribution in [3.05, 3.63) is 83.4 Å². The molecule has 0 bridgehead atoms. The van der Waals surface area contributed by atoms with Gasteiger partial charge in [0.15, 0.2) is 0 Å². The topological polar surface area (TPSA) is 0 Å². The highest BCUT2D eigenvalue weighted by Crippen LogP contribution is 2.46. The van der Waals surface area contributed by atoms with Crippen molar-refractivity contribution in [3.63, 3.8) is 0 Å². The first-order valence-corrected chi connectivity index (χ1v) is 11.7. The molecular formula is C29H34. The molecule has 0 nitrogen and oxygen atoms in total. The van der Waals surface area contributed by atoms with Crippen molar-refractivity contribution in [3.8, 4) is 0 Å². The largest absolute Gasteiger partial charge is 0.0654 e. The Morgan fingerprint density at radius 1 is 0.655 bits per heavy atom. The van der Waals surface area contributed by atoms with Crippen molar-refractivity contribution in [1.29, 1.82) is 0 Å². The molecule has 3 aromatic rings. The second-order valence-corrected chi connectivity index (χ2v) is 8.57. The first-order chi connectivity index (χ1) is 14.4. The second-order valence-electron chi connectivity index (χ2n) is 8.57. The molecule has 0 amide bonds. The summed E-state index contributed by atoms with van der Waals surface area (Å²) in [5.74, 6) is 0.539. The zero-order valence-electron chi connectivity index (χ0n) is 17.9. The minimum Gasteiger partial charge on any atom is -0.0654 e. The van der Waals surface area contributed by atoms with Gasteiger partial charge in [-0.3, -0.25) is 0 Å². The molecule has 0 spiro atoms. The molecule has 0 saturated heterocycles. The summed E-state index contributed by atoms with van der Waals surface area (Å²) in [6.07, 6.45) is 14.8. The van der Waals surface area contributed by atoms with Crippen LogP contribution in [0.5, 0.6) is 0 Å². The molecule has 0 radical (unpaired) electrons. The third-order valence-corrected chi connectivity index (χ3v) is 6.50.